The van der Waals surface area contributed by atoms with Gasteiger partial charge in [-0.15, -0.1) is 0 Å². The van der Waals surface area contributed by atoms with Crippen molar-refractivity contribution in [2.24, 2.45) is 10.3 Å². The van der Waals surface area contributed by atoms with E-state index in [1.807, 2.05) is 0 Å². The van der Waals surface area contributed by atoms with Gasteiger partial charge in [-0.2, -0.15) is 5.17 Å². The first-order valence-corrected chi connectivity index (χ1v) is 3.41. The number of benzene rings is 1. The van der Waals surface area contributed by atoms with Gasteiger partial charge in [-0.3, -0.25) is 0 Å². The van der Waals surface area contributed by atoms with E-state index < -0.39 is 0 Å². The van der Waals surface area contributed by atoms with E-state index in [4.69, 9.17) is 11.6 Å². The van der Waals surface area contributed by atoms with Crippen LogP contribution in [0.25, 0.3) is 0 Å². The predicted molar refractivity (Wildman–Crippen MR) is 40.0 cm³/mol. The number of hydrogen-bond donors (Lipinski definition) is 1. The summed E-state index contributed by atoms with van der Waals surface area (Å²) in [5, 5.41) is 18.0. The molecule has 1 heterocycles. The summed E-state index contributed by atoms with van der Waals surface area (Å²) in [5.74, 6) is 0. The molecular formula is C6H4ClN3O. The molecule has 0 fully saturated rings. The molecule has 0 aromatic heterocycles. The molecule has 0 radical (unpaired) electrons. The Kier molecular flexibility index (Phi) is 1.38. The van der Waals surface area contributed by atoms with Crippen LogP contribution in [0.4, 0.5) is 11.4 Å². The van der Waals surface area contributed by atoms with Crippen molar-refractivity contribution in [3.05, 3.63) is 28.4 Å². The van der Waals surface area contributed by atoms with Gasteiger partial charge in [-0.1, -0.05) is 22.8 Å². The van der Waals surface area contributed by atoms with Gasteiger partial charge in [0.1, 0.15) is 0 Å². The monoisotopic (exact) mass is 169 g/mol. The van der Waals surface area contributed by atoms with E-state index in [9.17, 15) is 5.21 Å². The third-order valence-electron chi connectivity index (χ3n) is 1.46. The molecule has 56 valence electrons. The van der Waals surface area contributed by atoms with Gasteiger partial charge >= 0.3 is 0 Å². The first-order chi connectivity index (χ1) is 5.29. The lowest BCUT2D eigenvalue weighted by Crippen LogP contribution is -2.95. The summed E-state index contributed by atoms with van der Waals surface area (Å²) in [6.45, 7) is 0. The zero-order chi connectivity index (χ0) is 7.84. The Morgan fingerprint density at radius 1 is 1.45 bits per heavy atom. The summed E-state index contributed by atoms with van der Waals surface area (Å²) in [6, 6.07) is 5.04. The molecule has 1 atom stereocenters. The number of nitrogens with zero attached hydrogens (tertiary/aromatic N) is 2. The van der Waals surface area contributed by atoms with Gasteiger partial charge in [0.05, 0.1) is 5.02 Å². The molecule has 5 heteroatoms. The average Bonchev–Trinajstić information content (AvgIpc) is 2.35. The second-order valence-corrected chi connectivity index (χ2v) is 2.55. The van der Waals surface area contributed by atoms with Crippen LogP contribution in [0.15, 0.2) is 28.5 Å². The van der Waals surface area contributed by atoms with Crippen LogP contribution in [-0.2, 0) is 0 Å². The van der Waals surface area contributed by atoms with Gasteiger partial charge in [0.15, 0.2) is 11.4 Å². The lowest BCUT2D eigenvalue weighted by atomic mass is 10.3. The molecule has 1 aliphatic rings. The maximum Gasteiger partial charge on any atom is 0.188 e. The number of halogens is 1. The fourth-order valence-corrected chi connectivity index (χ4v) is 1.15. The molecule has 4 nitrogen and oxygen atoms in total. The summed E-state index contributed by atoms with van der Waals surface area (Å²) in [4.78, 5) is 0. The second kappa shape index (κ2) is 2.27. The highest BCUT2D eigenvalue weighted by Crippen LogP contribution is 2.32. The van der Waals surface area contributed by atoms with Crippen molar-refractivity contribution in [1.82, 2.24) is 0 Å². The minimum atomic E-state index is -0.317. The summed E-state index contributed by atoms with van der Waals surface area (Å²) < 4.78 is 0. The van der Waals surface area contributed by atoms with E-state index in [1.54, 1.807) is 18.2 Å². The molecule has 0 amide bonds. The van der Waals surface area contributed by atoms with Crippen LogP contribution in [0.5, 0.6) is 0 Å². The highest BCUT2D eigenvalue weighted by atomic mass is 35.5. The van der Waals surface area contributed by atoms with Gasteiger partial charge in [-0.05, 0) is 6.07 Å². The maximum absolute atomic E-state index is 10.9. The van der Waals surface area contributed by atoms with Crippen molar-refractivity contribution in [3.8, 4) is 0 Å². The molecule has 1 N–H and O–H groups in total. The highest BCUT2D eigenvalue weighted by Gasteiger charge is 2.18. The molecule has 1 aromatic carbocycles. The van der Waals surface area contributed by atoms with Crippen molar-refractivity contribution in [1.29, 1.82) is 0 Å². The summed E-state index contributed by atoms with van der Waals surface area (Å²) in [7, 11) is 0. The minimum Gasteiger partial charge on any atom is -0.600 e. The molecule has 0 saturated carbocycles. The van der Waals surface area contributed by atoms with Crippen molar-refractivity contribution in [2.45, 2.75) is 0 Å². The van der Waals surface area contributed by atoms with Crippen LogP contribution in [-0.4, -0.2) is 0 Å². The molecular weight excluding hydrogens is 166 g/mol. The van der Waals surface area contributed by atoms with Crippen LogP contribution < -0.4 is 5.17 Å². The number of rotatable bonds is 0. The second-order valence-electron chi connectivity index (χ2n) is 2.14. The normalized spacial score (nSPS) is 20.4. The fraction of sp³-hybridized carbons (Fsp3) is 0. The quantitative estimate of drug-likeness (QED) is 0.586. The third kappa shape index (κ3) is 0.920. The molecule has 1 aromatic rings. The van der Waals surface area contributed by atoms with Gasteiger partial charge in [-0.25, -0.2) is 0 Å². The van der Waals surface area contributed by atoms with E-state index in [2.05, 4.69) is 10.3 Å². The Hall–Kier alpha value is -0.970. The Labute approximate surface area is 67.7 Å². The average molecular weight is 170 g/mol. The van der Waals surface area contributed by atoms with E-state index >= 15 is 0 Å². The standard InChI is InChI=1S/C6H4ClN3O/c7-4-2-1-3-5-6(4)8-9-10(5)11/h1-3,10H. The van der Waals surface area contributed by atoms with E-state index in [0.29, 0.717) is 16.4 Å². The van der Waals surface area contributed by atoms with Crippen molar-refractivity contribution in [2.75, 3.05) is 0 Å². The van der Waals surface area contributed by atoms with Gasteiger partial charge in [0, 0.05) is 11.3 Å². The molecule has 2 rings (SSSR count). The molecule has 1 unspecified atom stereocenters. The molecule has 11 heavy (non-hydrogen) atoms. The summed E-state index contributed by atoms with van der Waals surface area (Å²) in [5.41, 5.74) is 0.969. The Bertz CT molecular complexity index is 326. The summed E-state index contributed by atoms with van der Waals surface area (Å²) in [6.07, 6.45) is 0. The molecule has 0 bridgehead atoms. The predicted octanol–water partition coefficient (Wildman–Crippen LogP) is 1.37. The molecule has 0 aliphatic carbocycles. The maximum atomic E-state index is 10.9. The van der Waals surface area contributed by atoms with Crippen LogP contribution in [0.3, 0.4) is 0 Å². The van der Waals surface area contributed by atoms with Crippen LogP contribution >= 0.6 is 11.6 Å². The highest BCUT2D eigenvalue weighted by molar-refractivity contribution is 6.33. The molecule has 0 saturated heterocycles. The van der Waals surface area contributed by atoms with E-state index in [1.165, 1.54) is 0 Å². The van der Waals surface area contributed by atoms with E-state index in [0.717, 1.165) is 0 Å². The topological polar surface area (TPSA) is 52.2 Å². The lowest BCUT2D eigenvalue weighted by molar-refractivity contribution is -0.784. The first-order valence-electron chi connectivity index (χ1n) is 3.03. The van der Waals surface area contributed by atoms with Crippen molar-refractivity contribution >= 4 is 23.0 Å². The van der Waals surface area contributed by atoms with Crippen molar-refractivity contribution in [3.63, 3.8) is 0 Å². The van der Waals surface area contributed by atoms with Crippen LogP contribution in [0, 0.1) is 5.21 Å². The van der Waals surface area contributed by atoms with Gasteiger partial charge in [0.25, 0.3) is 0 Å². The number of fused-ring (bicyclic) bond motifs is 1. The number of nitrogens with one attached hydrogen (secondary N) is 1. The first kappa shape index (κ1) is 6.72. The Balaban J connectivity index is 2.65. The number of quaternary nitrogens is 1. The minimum absolute atomic E-state index is 0.317. The molecule has 0 spiro atoms. The van der Waals surface area contributed by atoms with Crippen LogP contribution in [0.1, 0.15) is 0 Å². The summed E-state index contributed by atoms with van der Waals surface area (Å²) >= 11 is 5.73. The van der Waals surface area contributed by atoms with E-state index in [-0.39, 0.29) is 5.17 Å². The lowest BCUT2D eigenvalue weighted by Gasteiger charge is -2.06. The Morgan fingerprint density at radius 2 is 2.27 bits per heavy atom. The largest absolute Gasteiger partial charge is 0.600 e. The zero-order valence-electron chi connectivity index (χ0n) is 5.41. The van der Waals surface area contributed by atoms with Gasteiger partial charge in [0.2, 0.25) is 0 Å². The zero-order valence-corrected chi connectivity index (χ0v) is 6.17. The van der Waals surface area contributed by atoms with Crippen LogP contribution in [0.2, 0.25) is 5.02 Å². The van der Waals surface area contributed by atoms with Gasteiger partial charge < -0.3 is 5.21 Å². The SMILES string of the molecule is [O-][NH+]1N=Nc2c(Cl)cccc21. The third-order valence-corrected chi connectivity index (χ3v) is 1.76. The smallest absolute Gasteiger partial charge is 0.188 e. The molecule has 1 aliphatic heterocycles. The fourth-order valence-electron chi connectivity index (χ4n) is 0.939. The Morgan fingerprint density at radius 3 is 3.00 bits per heavy atom. The number of hydrogen-bond acceptors (Lipinski definition) is 3. The van der Waals surface area contributed by atoms with Crippen molar-refractivity contribution < 1.29 is 5.17 Å².